The first-order valence-electron chi connectivity index (χ1n) is 9.86. The fourth-order valence-corrected chi connectivity index (χ4v) is 5.48. The molecule has 0 fully saturated rings. The molecule has 7 nitrogen and oxygen atoms in total. The highest BCUT2D eigenvalue weighted by Gasteiger charge is 2.37. The van der Waals surface area contributed by atoms with Crippen molar-refractivity contribution in [3.8, 4) is 6.07 Å². The highest BCUT2D eigenvalue weighted by Crippen LogP contribution is 2.41. The number of fused-ring (bicyclic) bond motifs is 1. The molecule has 3 aromatic rings. The Labute approximate surface area is 193 Å². The molecule has 3 heterocycles. The van der Waals surface area contributed by atoms with Gasteiger partial charge in [0.25, 0.3) is 0 Å². The average Bonchev–Trinajstić information content (AvgIpc) is 3.19. The number of allylic oxidation sites excluding steroid dienone is 1. The van der Waals surface area contributed by atoms with Crippen molar-refractivity contribution >= 4 is 55.8 Å². The number of nitrogens with one attached hydrogen (secondary N) is 1. The van der Waals surface area contributed by atoms with Crippen LogP contribution in [0, 0.1) is 17.2 Å². The van der Waals surface area contributed by atoms with Crippen LogP contribution < -0.4 is 5.32 Å². The van der Waals surface area contributed by atoms with Crippen LogP contribution in [0.15, 0.2) is 64.4 Å². The van der Waals surface area contributed by atoms with Crippen LogP contribution in [-0.4, -0.2) is 33.1 Å². The largest absolute Gasteiger partial charge is 0.301 e. The van der Waals surface area contributed by atoms with Gasteiger partial charge in [-0.05, 0) is 37.6 Å². The standard InChI is InChI=1S/C23H19N5O2S2/c1-13-20(14(2)29)21(15-6-5-9-25-11-15)16(10-24)22(26-13)31-12-19(30)28-23-27-17-7-3-4-8-18(17)32-23/h3-9,11,20-21H,12H2,1-2H3,(H,27,28,30)/t20?,21-/m0/s1. The molecule has 0 saturated carbocycles. The number of hydrogen-bond donors (Lipinski definition) is 1. The molecule has 0 bridgehead atoms. The molecule has 1 amide bonds. The lowest BCUT2D eigenvalue weighted by molar-refractivity contribution is -0.119. The lowest BCUT2D eigenvalue weighted by Gasteiger charge is -2.29. The number of aliphatic imine (C=N–C) groups is 1. The maximum atomic E-state index is 12.5. The summed E-state index contributed by atoms with van der Waals surface area (Å²) in [5.41, 5.74) is 2.61. The molecule has 0 radical (unpaired) electrons. The fraction of sp³-hybridized carbons (Fsp3) is 0.217. The van der Waals surface area contributed by atoms with Crippen molar-refractivity contribution in [3.63, 3.8) is 0 Å². The van der Waals surface area contributed by atoms with Crippen LogP contribution in [0.5, 0.6) is 0 Å². The first kappa shape index (κ1) is 21.9. The number of amides is 1. The molecule has 160 valence electrons. The Balaban J connectivity index is 1.56. The summed E-state index contributed by atoms with van der Waals surface area (Å²) in [7, 11) is 0. The quantitative estimate of drug-likeness (QED) is 0.576. The van der Waals surface area contributed by atoms with E-state index in [0.29, 0.717) is 21.4 Å². The van der Waals surface area contributed by atoms with Gasteiger partial charge in [-0.25, -0.2) is 9.98 Å². The zero-order valence-corrected chi connectivity index (χ0v) is 19.0. The van der Waals surface area contributed by atoms with Crippen LogP contribution in [-0.2, 0) is 9.59 Å². The van der Waals surface area contributed by atoms with Gasteiger partial charge < -0.3 is 5.32 Å². The van der Waals surface area contributed by atoms with E-state index in [1.807, 2.05) is 30.3 Å². The molecule has 2 atom stereocenters. The number of pyridine rings is 1. The van der Waals surface area contributed by atoms with Crippen LogP contribution in [0.3, 0.4) is 0 Å². The number of benzene rings is 1. The van der Waals surface area contributed by atoms with Crippen molar-refractivity contribution in [2.24, 2.45) is 10.9 Å². The molecule has 0 saturated heterocycles. The number of Topliss-reactive ketones (excluding diaryl/α,β-unsaturated/α-hetero) is 1. The molecular weight excluding hydrogens is 442 g/mol. The average molecular weight is 462 g/mol. The monoisotopic (exact) mass is 461 g/mol. The molecule has 32 heavy (non-hydrogen) atoms. The summed E-state index contributed by atoms with van der Waals surface area (Å²) < 4.78 is 0.993. The van der Waals surface area contributed by atoms with Crippen LogP contribution >= 0.6 is 23.1 Å². The predicted octanol–water partition coefficient (Wildman–Crippen LogP) is 4.56. The molecular formula is C23H19N5O2S2. The van der Waals surface area contributed by atoms with E-state index in [-0.39, 0.29) is 17.4 Å². The molecule has 1 N–H and O–H groups in total. The number of nitriles is 1. The number of thioether (sulfide) groups is 1. The lowest BCUT2D eigenvalue weighted by atomic mass is 9.76. The smallest absolute Gasteiger partial charge is 0.236 e. The Bertz CT molecular complexity index is 1260. The summed E-state index contributed by atoms with van der Waals surface area (Å²) in [5, 5.41) is 13.7. The molecule has 1 unspecified atom stereocenters. The number of thiazole rings is 1. The molecule has 9 heteroatoms. The Morgan fingerprint density at radius 1 is 1.25 bits per heavy atom. The lowest BCUT2D eigenvalue weighted by Crippen LogP contribution is -2.31. The van der Waals surface area contributed by atoms with E-state index in [0.717, 1.165) is 15.8 Å². The van der Waals surface area contributed by atoms with Gasteiger partial charge >= 0.3 is 0 Å². The highest BCUT2D eigenvalue weighted by molar-refractivity contribution is 8.03. The number of carbonyl (C=O) groups excluding carboxylic acids is 2. The van der Waals surface area contributed by atoms with E-state index in [2.05, 4.69) is 26.3 Å². The minimum Gasteiger partial charge on any atom is -0.301 e. The Kier molecular flexibility index (Phi) is 6.44. The number of rotatable bonds is 6. The molecule has 1 aromatic carbocycles. The van der Waals surface area contributed by atoms with Gasteiger partial charge in [-0.15, -0.1) is 0 Å². The molecule has 0 aliphatic carbocycles. The number of aromatic nitrogens is 2. The second-order valence-electron chi connectivity index (χ2n) is 7.26. The molecule has 1 aliphatic rings. The van der Waals surface area contributed by atoms with Gasteiger partial charge in [-0.2, -0.15) is 5.26 Å². The summed E-state index contributed by atoms with van der Waals surface area (Å²) >= 11 is 2.59. The second kappa shape index (κ2) is 9.42. The molecule has 2 aromatic heterocycles. The SMILES string of the molecule is CC(=O)C1C(C)=NC(SCC(=O)Nc2nc3ccccc3s2)=C(C#N)[C@@H]1c1cccnc1. The van der Waals surface area contributed by atoms with Crippen molar-refractivity contribution in [2.75, 3.05) is 11.1 Å². The topological polar surface area (TPSA) is 108 Å². The van der Waals surface area contributed by atoms with E-state index in [4.69, 9.17) is 0 Å². The number of carbonyl (C=O) groups is 2. The third kappa shape index (κ3) is 4.47. The van der Waals surface area contributed by atoms with Gasteiger partial charge in [0, 0.05) is 24.0 Å². The number of para-hydroxylation sites is 1. The normalized spacial score (nSPS) is 18.2. The van der Waals surface area contributed by atoms with Crippen LogP contribution in [0.2, 0.25) is 0 Å². The van der Waals surface area contributed by atoms with Gasteiger partial charge in [-0.1, -0.05) is 41.3 Å². The maximum Gasteiger partial charge on any atom is 0.236 e. The van der Waals surface area contributed by atoms with Gasteiger partial charge in [0.2, 0.25) is 5.91 Å². The third-order valence-electron chi connectivity index (χ3n) is 5.08. The number of anilines is 1. The number of hydrogen-bond acceptors (Lipinski definition) is 8. The zero-order valence-electron chi connectivity index (χ0n) is 17.4. The van der Waals surface area contributed by atoms with Crippen molar-refractivity contribution in [2.45, 2.75) is 19.8 Å². The summed E-state index contributed by atoms with van der Waals surface area (Å²) in [6.07, 6.45) is 3.31. The molecule has 4 rings (SSSR count). The van der Waals surface area contributed by atoms with Crippen molar-refractivity contribution < 1.29 is 9.59 Å². The minimum atomic E-state index is -0.533. The van der Waals surface area contributed by atoms with Crippen LogP contribution in [0.1, 0.15) is 25.3 Å². The minimum absolute atomic E-state index is 0.0644. The van der Waals surface area contributed by atoms with Gasteiger partial charge in [0.05, 0.1) is 33.5 Å². The van der Waals surface area contributed by atoms with E-state index in [9.17, 15) is 14.9 Å². The second-order valence-corrected chi connectivity index (χ2v) is 9.25. The third-order valence-corrected chi connectivity index (χ3v) is 7.03. The van der Waals surface area contributed by atoms with Crippen molar-refractivity contribution in [3.05, 3.63) is 65.0 Å². The first-order chi connectivity index (χ1) is 15.5. The van der Waals surface area contributed by atoms with E-state index in [1.165, 1.54) is 30.0 Å². The van der Waals surface area contributed by atoms with E-state index < -0.39 is 11.8 Å². The van der Waals surface area contributed by atoms with Crippen molar-refractivity contribution in [1.82, 2.24) is 9.97 Å². The van der Waals surface area contributed by atoms with Crippen LogP contribution in [0.4, 0.5) is 5.13 Å². The summed E-state index contributed by atoms with van der Waals surface area (Å²) in [4.78, 5) is 38.0. The first-order valence-corrected chi connectivity index (χ1v) is 11.7. The Morgan fingerprint density at radius 2 is 2.06 bits per heavy atom. The predicted molar refractivity (Wildman–Crippen MR) is 128 cm³/mol. The van der Waals surface area contributed by atoms with Gasteiger partial charge in [0.15, 0.2) is 5.13 Å². The maximum absolute atomic E-state index is 12.5. The van der Waals surface area contributed by atoms with E-state index in [1.54, 1.807) is 25.4 Å². The Morgan fingerprint density at radius 3 is 2.75 bits per heavy atom. The Hall–Kier alpha value is -3.35. The fourth-order valence-electron chi connectivity index (χ4n) is 3.72. The molecule has 1 aliphatic heterocycles. The van der Waals surface area contributed by atoms with E-state index >= 15 is 0 Å². The molecule has 0 spiro atoms. The van der Waals surface area contributed by atoms with Crippen LogP contribution in [0.25, 0.3) is 10.2 Å². The highest BCUT2D eigenvalue weighted by atomic mass is 32.2. The number of ketones is 1. The summed E-state index contributed by atoms with van der Waals surface area (Å²) in [6, 6.07) is 13.5. The van der Waals surface area contributed by atoms with Crippen molar-refractivity contribution in [1.29, 1.82) is 5.26 Å². The number of nitrogens with zero attached hydrogens (tertiary/aromatic N) is 4. The summed E-state index contributed by atoms with van der Waals surface area (Å²) in [6.45, 7) is 3.29. The van der Waals surface area contributed by atoms with Gasteiger partial charge in [-0.3, -0.25) is 14.6 Å². The van der Waals surface area contributed by atoms with Gasteiger partial charge in [0.1, 0.15) is 10.8 Å². The summed E-state index contributed by atoms with van der Waals surface area (Å²) in [5.74, 6) is -1.24. The zero-order chi connectivity index (χ0) is 22.7.